The number of nitrogens with one attached hydrogen (secondary N) is 2. The van der Waals surface area contributed by atoms with Crippen LogP contribution in [-0.2, 0) is 13.0 Å². The van der Waals surface area contributed by atoms with Crippen LogP contribution < -0.4 is 10.6 Å². The average Bonchev–Trinajstić information content (AvgIpc) is 2.96. The molecule has 2 N–H and O–H groups in total. The van der Waals surface area contributed by atoms with Crippen LogP contribution in [-0.4, -0.2) is 18.5 Å². The van der Waals surface area contributed by atoms with Crippen molar-refractivity contribution in [2.24, 2.45) is 0 Å². The molecular weight excluding hydrogens is 244 g/mol. The SMILES string of the molecule is Cl.O=C(NC1CC1)c1csc2c1CCNC2. The van der Waals surface area contributed by atoms with Gasteiger partial charge in [0.05, 0.1) is 5.56 Å². The quantitative estimate of drug-likeness (QED) is 0.848. The molecule has 0 unspecified atom stereocenters. The summed E-state index contributed by atoms with van der Waals surface area (Å²) in [7, 11) is 0. The Hall–Kier alpha value is -0.580. The summed E-state index contributed by atoms with van der Waals surface area (Å²) in [5.74, 6) is 0.136. The molecule has 1 aliphatic carbocycles. The van der Waals surface area contributed by atoms with Gasteiger partial charge in [0.15, 0.2) is 0 Å². The molecular formula is C11H15ClN2OS. The third-order valence-electron chi connectivity index (χ3n) is 2.98. The first-order valence-electron chi connectivity index (χ1n) is 5.45. The van der Waals surface area contributed by atoms with Gasteiger partial charge in [0.25, 0.3) is 5.91 Å². The van der Waals surface area contributed by atoms with Gasteiger partial charge in [-0.3, -0.25) is 4.79 Å². The van der Waals surface area contributed by atoms with Crippen LogP contribution in [0.4, 0.5) is 0 Å². The van der Waals surface area contributed by atoms with Crippen LogP contribution in [0.1, 0.15) is 33.6 Å². The number of rotatable bonds is 2. The molecule has 2 aliphatic rings. The van der Waals surface area contributed by atoms with Crippen LogP contribution in [0, 0.1) is 0 Å². The van der Waals surface area contributed by atoms with Gasteiger partial charge in [-0.1, -0.05) is 0 Å². The Bertz CT molecular complexity index is 401. The van der Waals surface area contributed by atoms with Gasteiger partial charge in [0.1, 0.15) is 0 Å². The molecule has 1 aliphatic heterocycles. The second-order valence-corrected chi connectivity index (χ2v) is 5.19. The maximum absolute atomic E-state index is 11.9. The molecule has 0 atom stereocenters. The molecule has 1 fully saturated rings. The molecule has 1 saturated carbocycles. The number of carbonyl (C=O) groups is 1. The molecule has 1 aromatic rings. The van der Waals surface area contributed by atoms with E-state index in [9.17, 15) is 4.79 Å². The van der Waals surface area contributed by atoms with Crippen LogP contribution in [0.3, 0.4) is 0 Å². The molecule has 5 heteroatoms. The number of fused-ring (bicyclic) bond motifs is 1. The van der Waals surface area contributed by atoms with E-state index >= 15 is 0 Å². The largest absolute Gasteiger partial charge is 0.349 e. The molecule has 0 bridgehead atoms. The maximum Gasteiger partial charge on any atom is 0.252 e. The van der Waals surface area contributed by atoms with E-state index in [2.05, 4.69) is 10.6 Å². The van der Waals surface area contributed by atoms with E-state index in [4.69, 9.17) is 0 Å². The Morgan fingerprint density at radius 2 is 2.31 bits per heavy atom. The minimum Gasteiger partial charge on any atom is -0.349 e. The lowest BCUT2D eigenvalue weighted by Gasteiger charge is -2.14. The van der Waals surface area contributed by atoms with Crippen molar-refractivity contribution in [3.05, 3.63) is 21.4 Å². The number of hydrogen-bond donors (Lipinski definition) is 2. The van der Waals surface area contributed by atoms with E-state index in [-0.39, 0.29) is 18.3 Å². The van der Waals surface area contributed by atoms with Gasteiger partial charge in [-0.25, -0.2) is 0 Å². The van der Waals surface area contributed by atoms with Crippen LogP contribution in [0.2, 0.25) is 0 Å². The lowest BCUT2D eigenvalue weighted by atomic mass is 10.0. The fourth-order valence-electron chi connectivity index (χ4n) is 1.94. The van der Waals surface area contributed by atoms with Crippen molar-refractivity contribution in [2.45, 2.75) is 31.8 Å². The maximum atomic E-state index is 11.9. The highest BCUT2D eigenvalue weighted by Gasteiger charge is 2.26. The predicted molar refractivity (Wildman–Crippen MR) is 67.5 cm³/mol. The van der Waals surface area contributed by atoms with Gasteiger partial charge in [-0.2, -0.15) is 0 Å². The van der Waals surface area contributed by atoms with E-state index in [1.807, 2.05) is 5.38 Å². The fraction of sp³-hybridized carbons (Fsp3) is 0.545. The highest BCUT2D eigenvalue weighted by atomic mass is 35.5. The highest BCUT2D eigenvalue weighted by molar-refractivity contribution is 7.10. The minimum absolute atomic E-state index is 0. The lowest BCUT2D eigenvalue weighted by Crippen LogP contribution is -2.28. The van der Waals surface area contributed by atoms with E-state index in [1.165, 1.54) is 10.4 Å². The van der Waals surface area contributed by atoms with Gasteiger partial charge in [0, 0.05) is 22.8 Å². The summed E-state index contributed by atoms with van der Waals surface area (Å²) in [5.41, 5.74) is 2.19. The lowest BCUT2D eigenvalue weighted by molar-refractivity contribution is 0.0950. The Kier molecular flexibility index (Phi) is 3.52. The van der Waals surface area contributed by atoms with Crippen molar-refractivity contribution in [3.8, 4) is 0 Å². The Morgan fingerprint density at radius 3 is 3.06 bits per heavy atom. The number of amides is 1. The molecule has 0 saturated heterocycles. The smallest absolute Gasteiger partial charge is 0.252 e. The Balaban J connectivity index is 0.000000963. The second kappa shape index (κ2) is 4.73. The first-order valence-corrected chi connectivity index (χ1v) is 6.33. The summed E-state index contributed by atoms with van der Waals surface area (Å²) in [6, 6.07) is 0.453. The Morgan fingerprint density at radius 1 is 1.50 bits per heavy atom. The highest BCUT2D eigenvalue weighted by Crippen LogP contribution is 2.27. The molecule has 0 radical (unpaired) electrons. The average molecular weight is 259 g/mol. The van der Waals surface area contributed by atoms with Gasteiger partial charge in [-0.05, 0) is 31.4 Å². The van der Waals surface area contributed by atoms with Crippen molar-refractivity contribution in [3.63, 3.8) is 0 Å². The standard InChI is InChI=1S/C11H14N2OS.ClH/c14-11(13-7-1-2-7)9-6-15-10-5-12-4-3-8(9)10;/h6-7,12H,1-5H2,(H,13,14);1H. The molecule has 3 rings (SSSR count). The summed E-state index contributed by atoms with van der Waals surface area (Å²) in [5, 5.41) is 8.39. The van der Waals surface area contributed by atoms with E-state index in [1.54, 1.807) is 11.3 Å². The normalized spacial score (nSPS) is 18.5. The summed E-state index contributed by atoms with van der Waals surface area (Å²) in [6.07, 6.45) is 3.30. The summed E-state index contributed by atoms with van der Waals surface area (Å²) < 4.78 is 0. The van der Waals surface area contributed by atoms with Crippen LogP contribution >= 0.6 is 23.7 Å². The summed E-state index contributed by atoms with van der Waals surface area (Å²) in [4.78, 5) is 13.2. The number of carbonyl (C=O) groups excluding carboxylic acids is 1. The fourth-order valence-corrected chi connectivity index (χ4v) is 2.99. The third-order valence-corrected chi connectivity index (χ3v) is 4.00. The molecule has 0 spiro atoms. The molecule has 0 aromatic carbocycles. The van der Waals surface area contributed by atoms with E-state index < -0.39 is 0 Å². The van der Waals surface area contributed by atoms with Crippen LogP contribution in [0.5, 0.6) is 0 Å². The van der Waals surface area contributed by atoms with Gasteiger partial charge in [0.2, 0.25) is 0 Å². The van der Waals surface area contributed by atoms with E-state index in [0.717, 1.165) is 37.9 Å². The zero-order valence-corrected chi connectivity index (χ0v) is 10.5. The van der Waals surface area contributed by atoms with Crippen molar-refractivity contribution in [1.29, 1.82) is 0 Å². The predicted octanol–water partition coefficient (Wildman–Crippen LogP) is 1.71. The van der Waals surface area contributed by atoms with Crippen LogP contribution in [0.15, 0.2) is 5.38 Å². The first kappa shape index (κ1) is 11.9. The van der Waals surface area contributed by atoms with Crippen molar-refractivity contribution < 1.29 is 4.79 Å². The number of thiophene rings is 1. The molecule has 16 heavy (non-hydrogen) atoms. The number of halogens is 1. The van der Waals surface area contributed by atoms with Gasteiger partial charge < -0.3 is 10.6 Å². The second-order valence-electron chi connectivity index (χ2n) is 4.23. The summed E-state index contributed by atoms with van der Waals surface area (Å²) in [6.45, 7) is 1.92. The molecule has 1 aromatic heterocycles. The van der Waals surface area contributed by atoms with Crippen molar-refractivity contribution >= 4 is 29.7 Å². The summed E-state index contributed by atoms with van der Waals surface area (Å²) >= 11 is 1.70. The third kappa shape index (κ3) is 2.24. The van der Waals surface area contributed by atoms with Crippen molar-refractivity contribution in [1.82, 2.24) is 10.6 Å². The van der Waals surface area contributed by atoms with Crippen LogP contribution in [0.25, 0.3) is 0 Å². The van der Waals surface area contributed by atoms with Gasteiger partial charge >= 0.3 is 0 Å². The molecule has 3 nitrogen and oxygen atoms in total. The van der Waals surface area contributed by atoms with E-state index in [0.29, 0.717) is 6.04 Å². The van der Waals surface area contributed by atoms with Gasteiger partial charge in [-0.15, -0.1) is 23.7 Å². The minimum atomic E-state index is 0. The Labute approximate surface area is 105 Å². The molecule has 2 heterocycles. The zero-order valence-electron chi connectivity index (χ0n) is 8.91. The topological polar surface area (TPSA) is 41.1 Å². The zero-order chi connectivity index (χ0) is 10.3. The number of hydrogen-bond acceptors (Lipinski definition) is 3. The monoisotopic (exact) mass is 258 g/mol. The van der Waals surface area contributed by atoms with Crippen molar-refractivity contribution in [2.75, 3.05) is 6.54 Å². The molecule has 1 amide bonds. The first-order chi connectivity index (χ1) is 7.34. The molecule has 88 valence electrons.